The van der Waals surface area contributed by atoms with E-state index < -0.39 is 29.5 Å². The van der Waals surface area contributed by atoms with Gasteiger partial charge in [-0.1, -0.05) is 24.8 Å². The van der Waals surface area contributed by atoms with E-state index in [4.69, 9.17) is 9.15 Å². The summed E-state index contributed by atoms with van der Waals surface area (Å²) < 4.78 is 49.8. The van der Waals surface area contributed by atoms with Gasteiger partial charge in [-0.3, -0.25) is 9.59 Å². The minimum absolute atomic E-state index is 0.0513. The Hall–Kier alpha value is -3.65. The van der Waals surface area contributed by atoms with Gasteiger partial charge in [-0.15, -0.1) is 0 Å². The Morgan fingerprint density at radius 3 is 2.69 bits per heavy atom. The fraction of sp³-hybridized carbons (Fsp3) is 0.292. The quantitative estimate of drug-likeness (QED) is 0.468. The number of halogens is 3. The third-order valence-corrected chi connectivity index (χ3v) is 5.96. The van der Waals surface area contributed by atoms with Gasteiger partial charge >= 0.3 is 12.1 Å². The number of nitriles is 1. The van der Waals surface area contributed by atoms with Crippen molar-refractivity contribution in [3.8, 4) is 6.07 Å². The fourth-order valence-corrected chi connectivity index (χ4v) is 4.32. The first-order valence-electron chi connectivity index (χ1n) is 10.6. The number of hydrogen-bond acceptors (Lipinski definition) is 7. The van der Waals surface area contributed by atoms with Crippen molar-refractivity contribution in [3.05, 3.63) is 75.9 Å². The van der Waals surface area contributed by atoms with E-state index in [1.165, 1.54) is 18.4 Å². The SMILES string of the molecule is CCCOC(=O)CSC1=C(C#N)[C@@H](c2ccco2)C(C(=O)Nc2cccc(C(F)(F)F)c2)=C(C)N1. The summed E-state index contributed by atoms with van der Waals surface area (Å²) >= 11 is 1.05. The summed E-state index contributed by atoms with van der Waals surface area (Å²) in [4.78, 5) is 25.2. The predicted molar refractivity (Wildman–Crippen MR) is 124 cm³/mol. The van der Waals surface area contributed by atoms with Crippen molar-refractivity contribution in [2.45, 2.75) is 32.4 Å². The van der Waals surface area contributed by atoms with E-state index in [0.717, 1.165) is 23.9 Å². The van der Waals surface area contributed by atoms with Gasteiger partial charge < -0.3 is 19.8 Å². The monoisotopic (exact) mass is 505 g/mol. The highest BCUT2D eigenvalue weighted by atomic mass is 32.2. The minimum Gasteiger partial charge on any atom is -0.468 e. The normalized spacial score (nSPS) is 15.9. The molecule has 1 atom stereocenters. The molecule has 1 aromatic heterocycles. The summed E-state index contributed by atoms with van der Waals surface area (Å²) in [6, 6.07) is 9.53. The van der Waals surface area contributed by atoms with Crippen molar-refractivity contribution in [1.29, 1.82) is 5.26 Å². The number of carbonyl (C=O) groups is 2. The number of alkyl halides is 3. The van der Waals surface area contributed by atoms with Crippen LogP contribution in [0.1, 0.15) is 37.5 Å². The van der Waals surface area contributed by atoms with Gasteiger partial charge in [0.05, 0.1) is 52.3 Å². The van der Waals surface area contributed by atoms with Crippen LogP contribution in [0, 0.1) is 11.3 Å². The second-order valence-corrected chi connectivity index (χ2v) is 8.49. The smallest absolute Gasteiger partial charge is 0.416 e. The van der Waals surface area contributed by atoms with E-state index in [1.54, 1.807) is 19.1 Å². The van der Waals surface area contributed by atoms with Crippen LogP contribution in [0.4, 0.5) is 18.9 Å². The van der Waals surface area contributed by atoms with Crippen LogP contribution in [-0.4, -0.2) is 24.2 Å². The lowest BCUT2D eigenvalue weighted by molar-refractivity contribution is -0.140. The zero-order valence-electron chi connectivity index (χ0n) is 18.9. The number of rotatable bonds is 8. The van der Waals surface area contributed by atoms with Crippen molar-refractivity contribution in [1.82, 2.24) is 5.32 Å². The molecule has 11 heteroatoms. The van der Waals surface area contributed by atoms with Crippen LogP contribution in [0.2, 0.25) is 0 Å². The van der Waals surface area contributed by atoms with Crippen molar-refractivity contribution in [2.75, 3.05) is 17.7 Å². The number of dihydropyridines is 1. The van der Waals surface area contributed by atoms with Crippen molar-refractivity contribution < 1.29 is 31.9 Å². The van der Waals surface area contributed by atoms with Gasteiger partial charge in [0.25, 0.3) is 5.91 Å². The van der Waals surface area contributed by atoms with Crippen LogP contribution in [0.5, 0.6) is 0 Å². The molecule has 184 valence electrons. The van der Waals surface area contributed by atoms with E-state index >= 15 is 0 Å². The predicted octanol–water partition coefficient (Wildman–Crippen LogP) is 5.32. The number of amides is 1. The number of allylic oxidation sites excluding steroid dienone is 2. The van der Waals surface area contributed by atoms with Gasteiger partial charge in [0.15, 0.2) is 0 Å². The molecule has 0 radical (unpaired) electrons. The lowest BCUT2D eigenvalue weighted by Gasteiger charge is -2.28. The second kappa shape index (κ2) is 11.2. The maximum atomic E-state index is 13.3. The highest BCUT2D eigenvalue weighted by Gasteiger charge is 2.37. The number of anilines is 1. The number of furan rings is 1. The minimum atomic E-state index is -4.57. The number of ether oxygens (including phenoxy) is 1. The van der Waals surface area contributed by atoms with Crippen LogP contribution in [0.3, 0.4) is 0 Å². The van der Waals surface area contributed by atoms with Gasteiger partial charge in [0, 0.05) is 11.4 Å². The molecule has 0 saturated heterocycles. The summed E-state index contributed by atoms with van der Waals surface area (Å²) in [6.45, 7) is 3.75. The molecule has 0 unspecified atom stereocenters. The molecule has 0 spiro atoms. The average molecular weight is 506 g/mol. The van der Waals surface area contributed by atoms with Gasteiger partial charge in [0.2, 0.25) is 0 Å². The maximum Gasteiger partial charge on any atom is 0.416 e. The number of nitrogens with one attached hydrogen (secondary N) is 2. The summed E-state index contributed by atoms with van der Waals surface area (Å²) in [5, 5.41) is 15.8. The lowest BCUT2D eigenvalue weighted by atomic mass is 9.85. The largest absolute Gasteiger partial charge is 0.468 e. The van der Waals surface area contributed by atoms with Gasteiger partial charge in [0.1, 0.15) is 5.76 Å². The first-order valence-corrected chi connectivity index (χ1v) is 11.6. The second-order valence-electron chi connectivity index (χ2n) is 7.51. The van der Waals surface area contributed by atoms with E-state index in [-0.39, 0.29) is 29.2 Å². The van der Waals surface area contributed by atoms with Gasteiger partial charge in [-0.25, -0.2) is 0 Å². The Labute approximate surface area is 204 Å². The van der Waals surface area contributed by atoms with Crippen molar-refractivity contribution >= 4 is 29.3 Å². The Morgan fingerprint density at radius 2 is 2.06 bits per heavy atom. The molecule has 1 amide bonds. The first-order chi connectivity index (χ1) is 16.7. The molecule has 0 aliphatic carbocycles. The van der Waals surface area contributed by atoms with Crippen LogP contribution < -0.4 is 10.6 Å². The van der Waals surface area contributed by atoms with Crippen molar-refractivity contribution in [3.63, 3.8) is 0 Å². The molecule has 1 aromatic carbocycles. The van der Waals surface area contributed by atoms with Crippen LogP contribution in [0.15, 0.2) is 69.0 Å². The van der Waals surface area contributed by atoms with Crippen molar-refractivity contribution in [2.24, 2.45) is 0 Å². The zero-order chi connectivity index (χ0) is 25.6. The molecule has 0 saturated carbocycles. The van der Waals surface area contributed by atoms with E-state index in [2.05, 4.69) is 16.7 Å². The molecular formula is C24H22F3N3O4S. The molecule has 0 fully saturated rings. The van der Waals surface area contributed by atoms with E-state index in [9.17, 15) is 28.0 Å². The highest BCUT2D eigenvalue weighted by Crippen LogP contribution is 2.41. The van der Waals surface area contributed by atoms with Crippen LogP contribution in [-0.2, 0) is 20.5 Å². The third kappa shape index (κ3) is 6.27. The van der Waals surface area contributed by atoms with Gasteiger partial charge in [-0.2, -0.15) is 18.4 Å². The first kappa shape index (κ1) is 26.0. The molecule has 0 bridgehead atoms. The molecule has 7 nitrogen and oxygen atoms in total. The zero-order valence-corrected chi connectivity index (χ0v) is 19.7. The number of hydrogen-bond donors (Lipinski definition) is 2. The molecule has 1 aliphatic heterocycles. The topological polar surface area (TPSA) is 104 Å². The molecule has 1 aliphatic rings. The molecule has 2 aromatic rings. The number of nitrogens with zero attached hydrogens (tertiary/aromatic N) is 1. The average Bonchev–Trinajstić information content (AvgIpc) is 3.35. The lowest BCUT2D eigenvalue weighted by Crippen LogP contribution is -2.31. The van der Waals surface area contributed by atoms with Gasteiger partial charge in [-0.05, 0) is 43.7 Å². The molecule has 2 N–H and O–H groups in total. The summed E-state index contributed by atoms with van der Waals surface area (Å²) in [5.41, 5.74) is -0.361. The van der Waals surface area contributed by atoms with Crippen LogP contribution >= 0.6 is 11.8 Å². The fourth-order valence-electron chi connectivity index (χ4n) is 3.43. The number of thioether (sulfide) groups is 1. The molecule has 3 rings (SSSR count). The Bertz CT molecular complexity index is 1200. The van der Waals surface area contributed by atoms with E-state index in [1.807, 2.05) is 6.92 Å². The molecule has 2 heterocycles. The molecular weight excluding hydrogens is 483 g/mol. The third-order valence-electron chi connectivity index (χ3n) is 4.97. The number of carbonyl (C=O) groups excluding carboxylic acids is 2. The Balaban J connectivity index is 1.92. The number of esters is 1. The Kier molecular flexibility index (Phi) is 8.30. The highest BCUT2D eigenvalue weighted by molar-refractivity contribution is 8.03. The Morgan fingerprint density at radius 1 is 1.29 bits per heavy atom. The summed E-state index contributed by atoms with van der Waals surface area (Å²) in [5.74, 6) is -1.85. The van der Waals surface area contributed by atoms with Crippen LogP contribution in [0.25, 0.3) is 0 Å². The summed E-state index contributed by atoms with van der Waals surface area (Å²) in [7, 11) is 0. The maximum absolute atomic E-state index is 13.3. The van der Waals surface area contributed by atoms with E-state index in [0.29, 0.717) is 22.9 Å². The standard InChI is InChI=1S/C24H22F3N3O4S/c1-3-9-34-19(31)13-35-23-17(12-28)21(18-8-5-10-33-18)20(14(2)29-23)22(32)30-16-7-4-6-15(11-16)24(25,26)27/h4-8,10-11,21,29H,3,9,13H2,1-2H3,(H,30,32)/t21-/m0/s1. The number of benzene rings is 1. The molecule has 35 heavy (non-hydrogen) atoms. The summed E-state index contributed by atoms with van der Waals surface area (Å²) in [6.07, 6.45) is -2.51.